The molecule has 0 aromatic carbocycles. The van der Waals surface area contributed by atoms with Gasteiger partial charge in [0.2, 0.25) is 0 Å². The van der Waals surface area contributed by atoms with Gasteiger partial charge in [0.1, 0.15) is 0 Å². The Kier molecular flexibility index (Phi) is 1160. The van der Waals surface area contributed by atoms with Gasteiger partial charge in [0, 0.05) is 0 Å². The van der Waals surface area contributed by atoms with Crippen LogP contribution in [0.1, 0.15) is 0 Å². The molecule has 0 aromatic rings. The third kappa shape index (κ3) is 59.7. The van der Waals surface area contributed by atoms with Crippen molar-refractivity contribution in [2.24, 2.45) is 0 Å². The monoisotopic (exact) mass is 364 g/mol. The first-order valence-electron chi connectivity index (χ1n) is 0. The maximum absolute atomic E-state index is 0. The molecule has 0 bridgehead atoms. The van der Waals surface area contributed by atoms with Crippen LogP contribution in [0.3, 0.4) is 0 Å². The second kappa shape index (κ2) is 83.1. The Bertz CT molecular complexity index is 8.49. The minimum Gasteiger partial charge on any atom is -1.00 e. The molecule has 0 atom stereocenters. The molecule has 8 heavy (non-hydrogen) atoms. The number of hydrogen-bond donors (Lipinski definition) is 0. The summed E-state index contributed by atoms with van der Waals surface area (Å²) in [5, 5.41) is 0. The smallest absolute Gasteiger partial charge is 1.00 e. The molecule has 0 aliphatic carbocycles. The van der Waals surface area contributed by atoms with Gasteiger partial charge in [-0.25, -0.2) is 0 Å². The third-order valence-electron chi connectivity index (χ3n) is 0. The van der Waals surface area contributed by atoms with Gasteiger partial charge in [-0.2, -0.15) is 0 Å². The fourth-order valence-corrected chi connectivity index (χ4v) is 0. The summed E-state index contributed by atoms with van der Waals surface area (Å²) in [5.74, 6) is 0. The van der Waals surface area contributed by atoms with E-state index in [4.69, 9.17) is 0 Å². The fraction of sp³-hybridized carbons (Fsp3) is 0. The molecule has 0 fully saturated rings. The van der Waals surface area contributed by atoms with Crippen molar-refractivity contribution in [3.63, 3.8) is 0 Å². The zero-order valence-electron chi connectivity index (χ0n) is 3.47. The van der Waals surface area contributed by atoms with Crippen molar-refractivity contribution in [3.8, 4) is 0 Å². The molecule has 0 aliphatic heterocycles. The van der Waals surface area contributed by atoms with Crippen LogP contribution in [0.25, 0.3) is 0 Å². The normalized spacial score (nSPS) is 0. The minimum atomic E-state index is 0. The summed E-state index contributed by atoms with van der Waals surface area (Å²) in [6.07, 6.45) is 0. The largest absolute Gasteiger partial charge is 4.00 e. The van der Waals surface area contributed by atoms with E-state index in [1.165, 1.54) is 0 Å². The first-order chi connectivity index (χ1) is 0. The quantitative estimate of drug-likeness (QED) is 0.372. The molecule has 0 nitrogen and oxygen atoms in total. The Hall–Kier alpha value is 3.25. The van der Waals surface area contributed by atoms with E-state index in [1.807, 2.05) is 0 Å². The summed E-state index contributed by atoms with van der Waals surface area (Å²) in [5.41, 5.74) is 0. The van der Waals surface area contributed by atoms with Gasteiger partial charge in [0.15, 0.2) is 0 Å². The molecule has 0 aliphatic rings. The maximum atomic E-state index is 0. The number of rotatable bonds is 0. The zero-order chi connectivity index (χ0) is 0. The van der Waals surface area contributed by atoms with E-state index in [0.717, 1.165) is 0 Å². The van der Waals surface area contributed by atoms with Gasteiger partial charge in [0.05, 0.1) is 0 Å². The van der Waals surface area contributed by atoms with Crippen molar-refractivity contribution in [2.45, 2.75) is 0 Å². The van der Waals surface area contributed by atoms with Crippen LogP contribution in [0.4, 0.5) is 0 Å². The average molecular weight is 369 g/mol. The first kappa shape index (κ1) is 112. The molecule has 0 radical (unpaired) electrons. The number of hydrogen-bond acceptors (Lipinski definition) is 0. The van der Waals surface area contributed by atoms with E-state index in [9.17, 15) is 0 Å². The van der Waals surface area contributed by atoms with Gasteiger partial charge < -0.3 is 74.4 Å². The number of halogens is 6. The molecule has 0 aromatic heterocycles. The van der Waals surface area contributed by atoms with Crippen molar-refractivity contribution >= 4 is 0 Å². The van der Waals surface area contributed by atoms with Crippen molar-refractivity contribution in [2.75, 3.05) is 0 Å². The Morgan fingerprint density at radius 3 is 0.375 bits per heavy atom. The van der Waals surface area contributed by atoms with Gasteiger partial charge in [-0.3, -0.25) is 0 Å². The Morgan fingerprint density at radius 2 is 0.375 bits per heavy atom. The van der Waals surface area contributed by atoms with Crippen LogP contribution in [0.15, 0.2) is 0 Å². The van der Waals surface area contributed by atoms with Gasteiger partial charge >= 0.3 is 45.7 Å². The van der Waals surface area contributed by atoms with Crippen molar-refractivity contribution in [1.29, 1.82) is 0 Å². The molecule has 0 spiro atoms. The van der Waals surface area contributed by atoms with Crippen LogP contribution >= 0.6 is 0 Å². The Labute approximate surface area is 118 Å². The second-order valence-electron chi connectivity index (χ2n) is 0. The van der Waals surface area contributed by atoms with Crippen LogP contribution in [-0.2, 0) is 45.7 Å². The van der Waals surface area contributed by atoms with Gasteiger partial charge in [-0.05, 0) is 0 Å². The summed E-state index contributed by atoms with van der Waals surface area (Å²) in [7, 11) is 0. The molecule has 0 amide bonds. The molecule has 0 heterocycles. The molecule has 0 saturated heterocycles. The van der Waals surface area contributed by atoms with E-state index in [-0.39, 0.29) is 120 Å². The summed E-state index contributed by atoms with van der Waals surface area (Å²) in [6, 6.07) is 0. The standard InChI is InChI=1S/6ClH.Zn.Zr/h6*1H;;/q;;;;;;+2;+4/p-6. The zero-order valence-corrected chi connectivity index (χ0v) is 13.4. The summed E-state index contributed by atoms with van der Waals surface area (Å²) < 4.78 is 0. The molecule has 0 unspecified atom stereocenters. The van der Waals surface area contributed by atoms with E-state index in [2.05, 4.69) is 0 Å². The predicted octanol–water partition coefficient (Wildman–Crippen LogP) is -18.0. The topological polar surface area (TPSA) is 0 Å². The summed E-state index contributed by atoms with van der Waals surface area (Å²) in [6.45, 7) is 0. The average Bonchev–Trinajstić information content (AvgIpc) is 0. The second-order valence-corrected chi connectivity index (χ2v) is 0. The molecular formula is Cl6ZnZr. The molecule has 0 N–H and O–H groups in total. The van der Waals surface area contributed by atoms with Crippen molar-refractivity contribution in [3.05, 3.63) is 0 Å². The van der Waals surface area contributed by atoms with E-state index >= 15 is 0 Å². The van der Waals surface area contributed by atoms with Crippen LogP contribution < -0.4 is 74.4 Å². The SMILES string of the molecule is [Cl-].[Cl-].[Cl-].[Cl-].[Cl-].[Cl-].[Zn+2].[Zr+4]. The van der Waals surface area contributed by atoms with E-state index in [1.54, 1.807) is 0 Å². The van der Waals surface area contributed by atoms with Crippen molar-refractivity contribution in [1.82, 2.24) is 0 Å². The molecule has 8 heteroatoms. The summed E-state index contributed by atoms with van der Waals surface area (Å²) >= 11 is 0. The first-order valence-corrected chi connectivity index (χ1v) is 0. The third-order valence-corrected chi connectivity index (χ3v) is 0. The summed E-state index contributed by atoms with van der Waals surface area (Å²) in [4.78, 5) is 0. The van der Waals surface area contributed by atoms with E-state index < -0.39 is 0 Å². The molecule has 0 saturated carbocycles. The van der Waals surface area contributed by atoms with Crippen molar-refractivity contribution < 1.29 is 120 Å². The molecular weight excluding hydrogens is 369 g/mol. The Balaban J connectivity index is 0. The van der Waals surface area contributed by atoms with Crippen LogP contribution in [0.5, 0.6) is 0 Å². The van der Waals surface area contributed by atoms with Crippen LogP contribution in [-0.4, -0.2) is 0 Å². The predicted molar refractivity (Wildman–Crippen MR) is 0 cm³/mol. The van der Waals surface area contributed by atoms with Gasteiger partial charge in [-0.15, -0.1) is 0 Å². The van der Waals surface area contributed by atoms with E-state index in [0.29, 0.717) is 0 Å². The van der Waals surface area contributed by atoms with Crippen LogP contribution in [0.2, 0.25) is 0 Å². The van der Waals surface area contributed by atoms with Crippen LogP contribution in [0, 0.1) is 0 Å². The molecule has 48 valence electrons. The maximum Gasteiger partial charge on any atom is 4.00 e. The molecule has 0 rings (SSSR count). The van der Waals surface area contributed by atoms with Gasteiger partial charge in [-0.1, -0.05) is 0 Å². The fourth-order valence-electron chi connectivity index (χ4n) is 0. The van der Waals surface area contributed by atoms with Gasteiger partial charge in [0.25, 0.3) is 0 Å². The minimum absolute atomic E-state index is 0. The Morgan fingerprint density at radius 1 is 0.375 bits per heavy atom.